The molecule has 0 amide bonds. The second kappa shape index (κ2) is 8.10. The molecule has 2 aromatic heterocycles. The smallest absolute Gasteiger partial charge is 0.213 e. The van der Waals surface area contributed by atoms with Gasteiger partial charge in [-0.15, -0.1) is 0 Å². The average molecular weight is 354 g/mol. The monoisotopic (exact) mass is 354 g/mol. The van der Waals surface area contributed by atoms with E-state index in [9.17, 15) is 4.39 Å². The number of hydrogen-bond donors (Lipinski definition) is 1. The number of aromatic nitrogens is 2. The Labute approximate surface area is 152 Å². The Balaban J connectivity index is 1.73. The second-order valence-corrected chi connectivity index (χ2v) is 6.45. The third kappa shape index (κ3) is 4.46. The standard InChI is InChI=1S/C20H23FN4O/c1-14-11-18(16-5-4-6-17(21)20(16)24-14)23-13-15-7-8-22-19(12-15)26-10-9-25(2)3/h4-8,11-12H,9-10,13H2,1-3H3,(H,23,24). The first-order valence-corrected chi connectivity index (χ1v) is 8.55. The van der Waals surface area contributed by atoms with Crippen LogP contribution in [0.15, 0.2) is 42.6 Å². The van der Waals surface area contributed by atoms with Gasteiger partial charge in [-0.1, -0.05) is 12.1 Å². The van der Waals surface area contributed by atoms with Crippen molar-refractivity contribution in [2.75, 3.05) is 32.6 Å². The molecule has 6 heteroatoms. The van der Waals surface area contributed by atoms with Gasteiger partial charge in [0.1, 0.15) is 17.9 Å². The summed E-state index contributed by atoms with van der Waals surface area (Å²) in [6.07, 6.45) is 1.73. The van der Waals surface area contributed by atoms with E-state index in [0.29, 0.717) is 24.5 Å². The highest BCUT2D eigenvalue weighted by Crippen LogP contribution is 2.25. The van der Waals surface area contributed by atoms with Crippen LogP contribution in [0, 0.1) is 12.7 Å². The molecule has 0 saturated carbocycles. The van der Waals surface area contributed by atoms with Gasteiger partial charge < -0.3 is 15.0 Å². The minimum atomic E-state index is -0.310. The maximum atomic E-state index is 14.0. The molecule has 0 bridgehead atoms. The molecule has 0 atom stereocenters. The molecule has 1 aromatic carbocycles. The van der Waals surface area contributed by atoms with Crippen LogP contribution < -0.4 is 10.1 Å². The lowest BCUT2D eigenvalue weighted by atomic mass is 10.1. The van der Waals surface area contributed by atoms with Crippen LogP contribution in [0.2, 0.25) is 0 Å². The number of hydrogen-bond acceptors (Lipinski definition) is 5. The van der Waals surface area contributed by atoms with Gasteiger partial charge in [0.15, 0.2) is 0 Å². The molecule has 0 aliphatic carbocycles. The molecule has 3 rings (SSSR count). The number of nitrogens with zero attached hydrogens (tertiary/aromatic N) is 3. The van der Waals surface area contributed by atoms with E-state index in [-0.39, 0.29) is 5.82 Å². The normalized spacial score (nSPS) is 11.1. The molecule has 0 aliphatic rings. The Morgan fingerprint density at radius 1 is 1.19 bits per heavy atom. The van der Waals surface area contributed by atoms with E-state index in [1.165, 1.54) is 6.07 Å². The number of likely N-dealkylation sites (N-methyl/N-ethyl adjacent to an activating group) is 1. The molecule has 2 heterocycles. The Kier molecular flexibility index (Phi) is 5.63. The summed E-state index contributed by atoms with van der Waals surface area (Å²) in [5.74, 6) is 0.294. The van der Waals surface area contributed by atoms with Gasteiger partial charge in [-0.25, -0.2) is 14.4 Å². The van der Waals surface area contributed by atoms with Crippen molar-refractivity contribution in [1.29, 1.82) is 0 Å². The second-order valence-electron chi connectivity index (χ2n) is 6.45. The lowest BCUT2D eigenvalue weighted by molar-refractivity contribution is 0.253. The first kappa shape index (κ1) is 18.1. The predicted molar refractivity (Wildman–Crippen MR) is 102 cm³/mol. The maximum Gasteiger partial charge on any atom is 0.213 e. The number of nitrogens with one attached hydrogen (secondary N) is 1. The van der Waals surface area contributed by atoms with Gasteiger partial charge in [0.25, 0.3) is 0 Å². The number of pyridine rings is 2. The highest BCUT2D eigenvalue weighted by atomic mass is 19.1. The van der Waals surface area contributed by atoms with Crippen LogP contribution >= 0.6 is 0 Å². The van der Waals surface area contributed by atoms with E-state index in [2.05, 4.69) is 20.2 Å². The van der Waals surface area contributed by atoms with E-state index >= 15 is 0 Å². The largest absolute Gasteiger partial charge is 0.476 e. The Hall–Kier alpha value is -2.73. The molecule has 0 spiro atoms. The van der Waals surface area contributed by atoms with Crippen LogP contribution in [0.5, 0.6) is 5.88 Å². The van der Waals surface area contributed by atoms with Gasteiger partial charge in [-0.2, -0.15) is 0 Å². The van der Waals surface area contributed by atoms with Gasteiger partial charge in [0.05, 0.1) is 0 Å². The lowest BCUT2D eigenvalue weighted by Crippen LogP contribution is -2.19. The van der Waals surface area contributed by atoms with Crippen molar-refractivity contribution >= 4 is 16.6 Å². The molecule has 3 aromatic rings. The Morgan fingerprint density at radius 3 is 2.85 bits per heavy atom. The maximum absolute atomic E-state index is 14.0. The summed E-state index contributed by atoms with van der Waals surface area (Å²) in [5, 5.41) is 4.15. The SMILES string of the molecule is Cc1cc(NCc2ccnc(OCCN(C)C)c2)c2cccc(F)c2n1. The Morgan fingerprint density at radius 2 is 2.04 bits per heavy atom. The van der Waals surface area contributed by atoms with E-state index in [0.717, 1.165) is 28.9 Å². The fourth-order valence-corrected chi connectivity index (χ4v) is 2.66. The molecular weight excluding hydrogens is 331 g/mol. The number of fused-ring (bicyclic) bond motifs is 1. The van der Waals surface area contributed by atoms with Crippen molar-refractivity contribution in [3.63, 3.8) is 0 Å². The van der Waals surface area contributed by atoms with Crippen LogP contribution in [0.1, 0.15) is 11.3 Å². The number of anilines is 1. The summed E-state index contributed by atoms with van der Waals surface area (Å²) in [5.41, 5.74) is 3.06. The van der Waals surface area contributed by atoms with Gasteiger partial charge in [-0.3, -0.25) is 0 Å². The van der Waals surface area contributed by atoms with Gasteiger partial charge in [0.2, 0.25) is 5.88 Å². The molecule has 0 radical (unpaired) electrons. The van der Waals surface area contributed by atoms with Gasteiger partial charge in [0, 0.05) is 42.1 Å². The van der Waals surface area contributed by atoms with Crippen molar-refractivity contribution in [3.05, 3.63) is 59.7 Å². The predicted octanol–water partition coefficient (Wildman–Crippen LogP) is 3.63. The first-order chi connectivity index (χ1) is 12.5. The topological polar surface area (TPSA) is 50.3 Å². The molecule has 26 heavy (non-hydrogen) atoms. The zero-order valence-corrected chi connectivity index (χ0v) is 15.3. The molecule has 5 nitrogen and oxygen atoms in total. The van der Waals surface area contributed by atoms with Crippen LogP contribution in [-0.4, -0.2) is 42.1 Å². The van der Waals surface area contributed by atoms with E-state index < -0.39 is 0 Å². The molecule has 0 unspecified atom stereocenters. The van der Waals surface area contributed by atoms with Gasteiger partial charge in [-0.05, 0) is 44.8 Å². The van der Waals surface area contributed by atoms with Crippen LogP contribution in [0.4, 0.5) is 10.1 Å². The number of benzene rings is 1. The van der Waals surface area contributed by atoms with Gasteiger partial charge >= 0.3 is 0 Å². The average Bonchev–Trinajstić information content (AvgIpc) is 2.61. The number of aryl methyl sites for hydroxylation is 1. The summed E-state index contributed by atoms with van der Waals surface area (Å²) in [6.45, 7) is 3.87. The molecule has 0 saturated heterocycles. The van der Waals surface area contributed by atoms with Crippen LogP contribution in [0.3, 0.4) is 0 Å². The highest BCUT2D eigenvalue weighted by molar-refractivity contribution is 5.91. The molecule has 0 fully saturated rings. The minimum Gasteiger partial charge on any atom is -0.476 e. The summed E-state index contributed by atoms with van der Waals surface area (Å²) in [7, 11) is 4.00. The summed E-state index contributed by atoms with van der Waals surface area (Å²) in [6, 6.07) is 10.8. The number of halogens is 1. The quantitative estimate of drug-likeness (QED) is 0.702. The number of ether oxygens (including phenoxy) is 1. The van der Waals surface area contributed by atoms with E-state index in [1.807, 2.05) is 45.3 Å². The third-order valence-corrected chi connectivity index (χ3v) is 3.99. The first-order valence-electron chi connectivity index (χ1n) is 8.55. The van der Waals surface area contributed by atoms with Crippen molar-refractivity contribution in [1.82, 2.24) is 14.9 Å². The van der Waals surface area contributed by atoms with Crippen LogP contribution in [0.25, 0.3) is 10.9 Å². The summed E-state index contributed by atoms with van der Waals surface area (Å²) < 4.78 is 19.7. The fraction of sp³-hybridized carbons (Fsp3) is 0.300. The molecular formula is C20H23FN4O. The third-order valence-electron chi connectivity index (χ3n) is 3.99. The van der Waals surface area contributed by atoms with Crippen molar-refractivity contribution in [2.24, 2.45) is 0 Å². The van der Waals surface area contributed by atoms with Crippen molar-refractivity contribution in [2.45, 2.75) is 13.5 Å². The van der Waals surface area contributed by atoms with E-state index in [4.69, 9.17) is 4.74 Å². The highest BCUT2D eigenvalue weighted by Gasteiger charge is 2.08. The van der Waals surface area contributed by atoms with Crippen molar-refractivity contribution in [3.8, 4) is 5.88 Å². The molecule has 136 valence electrons. The van der Waals surface area contributed by atoms with Crippen LogP contribution in [-0.2, 0) is 6.54 Å². The Bertz CT molecular complexity index is 898. The summed E-state index contributed by atoms with van der Waals surface area (Å²) >= 11 is 0. The number of rotatable bonds is 7. The zero-order valence-electron chi connectivity index (χ0n) is 15.3. The fourth-order valence-electron chi connectivity index (χ4n) is 2.66. The number of para-hydroxylation sites is 1. The zero-order chi connectivity index (χ0) is 18.5. The minimum absolute atomic E-state index is 0.310. The van der Waals surface area contributed by atoms with Crippen molar-refractivity contribution < 1.29 is 9.13 Å². The lowest BCUT2D eigenvalue weighted by Gasteiger charge is -2.13. The molecule has 0 aliphatic heterocycles. The molecule has 1 N–H and O–H groups in total. The van der Waals surface area contributed by atoms with E-state index in [1.54, 1.807) is 12.3 Å². The summed E-state index contributed by atoms with van der Waals surface area (Å²) in [4.78, 5) is 10.6.